The van der Waals surface area contributed by atoms with Gasteiger partial charge >= 0.3 is 12.1 Å². The summed E-state index contributed by atoms with van der Waals surface area (Å²) >= 11 is 0. The molecule has 2 N–H and O–H groups in total. The topological polar surface area (TPSA) is 105 Å². The second-order valence-electron chi connectivity index (χ2n) is 9.27. The van der Waals surface area contributed by atoms with Crippen LogP contribution in [0.1, 0.15) is 29.5 Å². The van der Waals surface area contributed by atoms with Gasteiger partial charge in [-0.1, -0.05) is 78.9 Å². The Balaban J connectivity index is 1.17. The third-order valence-corrected chi connectivity index (χ3v) is 6.97. The number of carbonyl (C=O) groups excluding carboxylic acids is 3. The number of hydrogen-bond acceptors (Lipinski definition) is 6. The lowest BCUT2D eigenvalue weighted by Crippen LogP contribution is -2.48. The highest BCUT2D eigenvalue weighted by molar-refractivity contribution is 5.92. The molecular weight excluding hydrogens is 472 g/mol. The van der Waals surface area contributed by atoms with E-state index in [-0.39, 0.29) is 25.7 Å². The highest BCUT2D eigenvalue weighted by Gasteiger charge is 2.44. The van der Waals surface area contributed by atoms with Crippen molar-refractivity contribution in [2.75, 3.05) is 13.2 Å². The molecule has 3 aromatic carbocycles. The molecule has 0 bridgehead atoms. The van der Waals surface area contributed by atoms with E-state index in [9.17, 15) is 19.5 Å². The molecule has 0 aromatic heterocycles. The minimum Gasteiger partial charge on any atom is -0.459 e. The molecule has 0 saturated carbocycles. The van der Waals surface area contributed by atoms with Gasteiger partial charge in [0.1, 0.15) is 31.4 Å². The smallest absolute Gasteiger partial charge is 0.407 e. The van der Waals surface area contributed by atoms with E-state index >= 15 is 0 Å². The molecule has 1 aliphatic heterocycles. The number of nitrogens with zero attached hydrogens (tertiary/aromatic N) is 1. The Morgan fingerprint density at radius 2 is 1.54 bits per heavy atom. The summed E-state index contributed by atoms with van der Waals surface area (Å²) in [7, 11) is 0. The summed E-state index contributed by atoms with van der Waals surface area (Å²) in [6.07, 6.45) is -1.99. The molecule has 1 saturated heterocycles. The van der Waals surface area contributed by atoms with Crippen molar-refractivity contribution >= 4 is 18.0 Å². The van der Waals surface area contributed by atoms with Crippen molar-refractivity contribution in [3.8, 4) is 11.1 Å². The number of amides is 2. The number of ether oxygens (including phenoxy) is 2. The van der Waals surface area contributed by atoms with Gasteiger partial charge in [-0.3, -0.25) is 4.79 Å². The van der Waals surface area contributed by atoms with Crippen molar-refractivity contribution in [1.29, 1.82) is 0 Å². The van der Waals surface area contributed by atoms with E-state index in [1.165, 1.54) is 11.8 Å². The van der Waals surface area contributed by atoms with E-state index < -0.39 is 36.2 Å². The molecule has 8 heteroatoms. The maximum absolute atomic E-state index is 12.9. The predicted molar refractivity (Wildman–Crippen MR) is 135 cm³/mol. The van der Waals surface area contributed by atoms with E-state index in [2.05, 4.69) is 5.32 Å². The van der Waals surface area contributed by atoms with Crippen molar-refractivity contribution in [1.82, 2.24) is 10.2 Å². The second kappa shape index (κ2) is 10.4. The average molecular weight is 501 g/mol. The van der Waals surface area contributed by atoms with Crippen LogP contribution in [-0.2, 0) is 25.7 Å². The lowest BCUT2D eigenvalue weighted by Gasteiger charge is -2.23. The number of nitrogens with one attached hydrogen (secondary N) is 1. The number of hydrogen-bond donors (Lipinski definition) is 2. The molecule has 5 rings (SSSR count). The van der Waals surface area contributed by atoms with Crippen LogP contribution in [0, 0.1) is 0 Å². The van der Waals surface area contributed by atoms with Gasteiger partial charge in [-0.15, -0.1) is 0 Å². The van der Waals surface area contributed by atoms with Crippen LogP contribution in [0.3, 0.4) is 0 Å². The highest BCUT2D eigenvalue weighted by Crippen LogP contribution is 2.44. The molecule has 190 valence electrons. The maximum atomic E-state index is 12.9. The van der Waals surface area contributed by atoms with Crippen LogP contribution < -0.4 is 5.32 Å². The second-order valence-corrected chi connectivity index (χ2v) is 9.27. The van der Waals surface area contributed by atoms with Crippen molar-refractivity contribution < 1.29 is 29.0 Å². The molecule has 0 radical (unpaired) electrons. The van der Waals surface area contributed by atoms with Crippen LogP contribution in [0.5, 0.6) is 0 Å². The predicted octanol–water partition coefficient (Wildman–Crippen LogP) is 3.23. The standard InChI is InChI=1S/C29H28N2O6/c1-18(28(34)36-16-19-9-3-2-4-10-19)31-15-25(32)26(27(31)33)30-29(35)37-17-24-22-13-7-5-11-20(22)21-12-6-8-14-23(21)24/h2-14,18,24-26,32H,15-17H2,1H3,(H,30,35)/t18-,25?,26-/m0/s1. The van der Waals surface area contributed by atoms with E-state index in [1.54, 1.807) is 0 Å². The van der Waals surface area contributed by atoms with E-state index in [0.29, 0.717) is 0 Å². The Labute approximate surface area is 214 Å². The van der Waals surface area contributed by atoms with Crippen LogP contribution in [0.4, 0.5) is 4.79 Å². The molecule has 8 nitrogen and oxygen atoms in total. The number of likely N-dealkylation sites (tertiary alicyclic amines) is 1. The van der Waals surface area contributed by atoms with E-state index in [0.717, 1.165) is 27.8 Å². The highest BCUT2D eigenvalue weighted by atomic mass is 16.5. The fourth-order valence-corrected chi connectivity index (χ4v) is 4.99. The molecule has 3 atom stereocenters. The summed E-state index contributed by atoms with van der Waals surface area (Å²) in [6.45, 7) is 1.60. The van der Waals surface area contributed by atoms with Crippen LogP contribution in [0.2, 0.25) is 0 Å². The van der Waals surface area contributed by atoms with Gasteiger partial charge in [0.05, 0.1) is 6.54 Å². The van der Waals surface area contributed by atoms with E-state index in [4.69, 9.17) is 9.47 Å². The number of alkyl carbamates (subject to hydrolysis) is 1. The Morgan fingerprint density at radius 3 is 2.19 bits per heavy atom. The Morgan fingerprint density at radius 1 is 0.946 bits per heavy atom. The molecule has 1 aliphatic carbocycles. The number of β-amino-alcohol motifs (C(OH)–C–C–N with tert-alkyl or cyclic N) is 1. The quantitative estimate of drug-likeness (QED) is 0.483. The first-order valence-electron chi connectivity index (χ1n) is 12.2. The summed E-state index contributed by atoms with van der Waals surface area (Å²) in [5, 5.41) is 12.9. The van der Waals surface area contributed by atoms with Crippen molar-refractivity contribution in [2.45, 2.75) is 37.6 Å². The van der Waals surface area contributed by atoms with Gasteiger partial charge < -0.3 is 24.8 Å². The zero-order valence-electron chi connectivity index (χ0n) is 20.4. The van der Waals surface area contributed by atoms with Crippen LogP contribution in [-0.4, -0.2) is 59.3 Å². The van der Waals surface area contributed by atoms with Crippen LogP contribution in [0.25, 0.3) is 11.1 Å². The molecule has 2 amide bonds. The summed E-state index contributed by atoms with van der Waals surface area (Å²) in [5.41, 5.74) is 5.19. The molecule has 37 heavy (non-hydrogen) atoms. The molecule has 2 aliphatic rings. The first-order valence-corrected chi connectivity index (χ1v) is 12.2. The number of rotatable bonds is 7. The molecule has 0 spiro atoms. The minimum atomic E-state index is -1.21. The Hall–Kier alpha value is -4.17. The van der Waals surface area contributed by atoms with Crippen LogP contribution >= 0.6 is 0 Å². The van der Waals surface area contributed by atoms with Crippen molar-refractivity contribution in [3.63, 3.8) is 0 Å². The van der Waals surface area contributed by atoms with Gasteiger partial charge in [-0.2, -0.15) is 0 Å². The van der Waals surface area contributed by atoms with Gasteiger partial charge in [-0.25, -0.2) is 9.59 Å². The fraction of sp³-hybridized carbons (Fsp3) is 0.276. The number of benzene rings is 3. The van der Waals surface area contributed by atoms with Crippen molar-refractivity contribution in [2.24, 2.45) is 0 Å². The first-order chi connectivity index (χ1) is 17.9. The third kappa shape index (κ3) is 4.93. The lowest BCUT2D eigenvalue weighted by atomic mass is 9.98. The molecular formula is C29H28N2O6. The summed E-state index contributed by atoms with van der Waals surface area (Å²) < 4.78 is 10.8. The fourth-order valence-electron chi connectivity index (χ4n) is 4.99. The summed E-state index contributed by atoms with van der Waals surface area (Å²) in [6, 6.07) is 23.0. The van der Waals surface area contributed by atoms with Crippen LogP contribution in [0.15, 0.2) is 78.9 Å². The number of aliphatic hydroxyl groups excluding tert-OH is 1. The molecule has 1 heterocycles. The lowest BCUT2D eigenvalue weighted by molar-refractivity contribution is -0.154. The molecule has 1 unspecified atom stereocenters. The van der Waals surface area contributed by atoms with Gasteiger partial charge in [0.15, 0.2) is 0 Å². The Bertz CT molecular complexity index is 1270. The largest absolute Gasteiger partial charge is 0.459 e. The summed E-state index contributed by atoms with van der Waals surface area (Å²) in [4.78, 5) is 39.3. The Kier molecular flexibility index (Phi) is 6.92. The van der Waals surface area contributed by atoms with Gasteiger partial charge in [-0.05, 0) is 34.7 Å². The van der Waals surface area contributed by atoms with Crippen molar-refractivity contribution in [3.05, 3.63) is 95.6 Å². The molecule has 1 fully saturated rings. The maximum Gasteiger partial charge on any atom is 0.407 e. The monoisotopic (exact) mass is 500 g/mol. The third-order valence-electron chi connectivity index (χ3n) is 6.97. The van der Waals surface area contributed by atoms with E-state index in [1.807, 2.05) is 78.9 Å². The van der Waals surface area contributed by atoms with Gasteiger partial charge in [0.2, 0.25) is 5.91 Å². The zero-order valence-corrected chi connectivity index (χ0v) is 20.4. The van der Waals surface area contributed by atoms with Gasteiger partial charge in [0.25, 0.3) is 0 Å². The number of fused-ring (bicyclic) bond motifs is 3. The normalized spacial score (nSPS) is 19.2. The minimum absolute atomic E-state index is 0.0794. The first kappa shape index (κ1) is 24.5. The number of carbonyl (C=O) groups is 3. The SMILES string of the molecule is C[C@@H](C(=O)OCc1ccccc1)N1CC(O)[C@H](NC(=O)OCC2c3ccccc3-c3ccccc32)C1=O. The number of aliphatic hydroxyl groups is 1. The van der Waals surface area contributed by atoms with Gasteiger partial charge in [0, 0.05) is 5.92 Å². The average Bonchev–Trinajstić information content (AvgIpc) is 3.39. The zero-order chi connectivity index (χ0) is 25.9. The number of esters is 1. The molecule has 3 aromatic rings. The summed E-state index contributed by atoms with van der Waals surface area (Å²) in [5.74, 6) is -1.28.